The Balaban J connectivity index is 1.48. The third kappa shape index (κ3) is 6.21. The van der Waals surface area contributed by atoms with E-state index in [1.807, 2.05) is 0 Å². The van der Waals surface area contributed by atoms with Gasteiger partial charge >= 0.3 is 5.97 Å². The molecule has 0 spiro atoms. The van der Waals surface area contributed by atoms with Gasteiger partial charge in [0.15, 0.2) is 5.82 Å². The Hall–Kier alpha value is -4.58. The Morgan fingerprint density at radius 2 is 1.66 bits per heavy atom. The molecule has 0 radical (unpaired) electrons. The van der Waals surface area contributed by atoms with Gasteiger partial charge in [0.25, 0.3) is 5.91 Å². The quantitative estimate of drug-likeness (QED) is 0.216. The van der Waals surface area contributed by atoms with Gasteiger partial charge in [0, 0.05) is 17.5 Å². The molecule has 0 aliphatic carbocycles. The summed E-state index contributed by atoms with van der Waals surface area (Å²) < 4.78 is 37.8. The lowest BCUT2D eigenvalue weighted by molar-refractivity contribution is -0.143. The van der Waals surface area contributed by atoms with Crippen molar-refractivity contribution in [3.63, 3.8) is 0 Å². The van der Waals surface area contributed by atoms with Crippen LogP contribution in [0.5, 0.6) is 5.75 Å². The highest BCUT2D eigenvalue weighted by Gasteiger charge is 2.26. The number of hydrogen-bond acceptors (Lipinski definition) is 9. The van der Waals surface area contributed by atoms with Gasteiger partial charge < -0.3 is 14.8 Å². The Labute approximate surface area is 219 Å². The van der Waals surface area contributed by atoms with Gasteiger partial charge in [0.1, 0.15) is 5.75 Å². The molecule has 0 fully saturated rings. The van der Waals surface area contributed by atoms with Gasteiger partial charge in [-0.25, -0.2) is 13.5 Å². The Morgan fingerprint density at radius 1 is 0.947 bits per heavy atom. The third-order valence-corrected chi connectivity index (χ3v) is 7.29. The molecule has 196 valence electrons. The zero-order valence-electron chi connectivity index (χ0n) is 20.5. The van der Waals surface area contributed by atoms with Gasteiger partial charge in [-0.1, -0.05) is 24.3 Å². The van der Waals surface area contributed by atoms with E-state index in [0.717, 1.165) is 0 Å². The van der Waals surface area contributed by atoms with Crippen LogP contribution in [0, 0.1) is 0 Å². The van der Waals surface area contributed by atoms with Crippen molar-refractivity contribution in [2.75, 3.05) is 18.5 Å². The Morgan fingerprint density at radius 3 is 2.37 bits per heavy atom. The summed E-state index contributed by atoms with van der Waals surface area (Å²) in [6.07, 6.45) is 0.763. The molecule has 2 N–H and O–H groups in total. The summed E-state index contributed by atoms with van der Waals surface area (Å²) in [5.41, 5.74) is 0.739. The number of benzene rings is 3. The van der Waals surface area contributed by atoms with Gasteiger partial charge in [-0.2, -0.15) is 0 Å². The summed E-state index contributed by atoms with van der Waals surface area (Å²) in [7, 11) is -4.07. The van der Waals surface area contributed by atoms with Crippen LogP contribution in [0.25, 0.3) is 11.4 Å². The number of aromatic amines is 1. The fraction of sp³-hybridized carbons (Fsp3) is 0.192. The molecule has 1 aromatic heterocycles. The fourth-order valence-corrected chi connectivity index (χ4v) is 5.24. The van der Waals surface area contributed by atoms with Crippen LogP contribution < -0.4 is 10.1 Å². The molecule has 0 unspecified atom stereocenters. The average Bonchev–Trinajstić information content (AvgIpc) is 3.47. The molecule has 12 heteroatoms. The Kier molecular flexibility index (Phi) is 8.44. The van der Waals surface area contributed by atoms with Crippen molar-refractivity contribution >= 4 is 27.4 Å². The molecule has 0 aliphatic heterocycles. The summed E-state index contributed by atoms with van der Waals surface area (Å²) in [6.45, 7) is 2.41. The molecule has 1 heterocycles. The molecule has 11 nitrogen and oxygen atoms in total. The highest BCUT2D eigenvalue weighted by Crippen LogP contribution is 2.33. The van der Waals surface area contributed by atoms with Gasteiger partial charge in [-0.3, -0.25) is 9.59 Å². The third-order valence-electron chi connectivity index (χ3n) is 5.42. The predicted octanol–water partition coefficient (Wildman–Crippen LogP) is 3.67. The number of carbonyl (C=O) groups excluding carboxylic acids is 2. The maximum absolute atomic E-state index is 13.7. The van der Waals surface area contributed by atoms with Gasteiger partial charge in [-0.05, 0) is 72.3 Å². The first-order valence-electron chi connectivity index (χ1n) is 11.8. The second-order valence-electron chi connectivity index (χ2n) is 7.98. The second-order valence-corrected chi connectivity index (χ2v) is 9.87. The number of esters is 1. The van der Waals surface area contributed by atoms with E-state index in [1.165, 1.54) is 18.2 Å². The first-order valence-corrected chi connectivity index (χ1v) is 13.3. The number of nitrogens with one attached hydrogen (secondary N) is 2. The van der Waals surface area contributed by atoms with E-state index in [2.05, 4.69) is 25.9 Å². The lowest BCUT2D eigenvalue weighted by Gasteiger charge is -2.14. The van der Waals surface area contributed by atoms with Crippen molar-refractivity contribution in [1.29, 1.82) is 0 Å². The normalized spacial score (nSPS) is 11.1. The molecular formula is C26H25N5O6S. The van der Waals surface area contributed by atoms with Crippen molar-refractivity contribution < 1.29 is 27.5 Å². The number of para-hydroxylation sites is 1. The maximum atomic E-state index is 13.7. The van der Waals surface area contributed by atoms with E-state index in [1.54, 1.807) is 61.5 Å². The van der Waals surface area contributed by atoms with Crippen LogP contribution in [-0.4, -0.2) is 54.1 Å². The van der Waals surface area contributed by atoms with Crippen LogP contribution >= 0.6 is 0 Å². The van der Waals surface area contributed by atoms with Gasteiger partial charge in [0.05, 0.1) is 28.7 Å². The highest BCUT2D eigenvalue weighted by atomic mass is 32.2. The van der Waals surface area contributed by atoms with Crippen molar-refractivity contribution in [3.8, 4) is 17.1 Å². The van der Waals surface area contributed by atoms with Crippen molar-refractivity contribution in [2.24, 2.45) is 0 Å². The molecule has 0 aliphatic rings. The van der Waals surface area contributed by atoms with Crippen LogP contribution in [0.15, 0.2) is 82.6 Å². The smallest absolute Gasteiger partial charge is 0.305 e. The van der Waals surface area contributed by atoms with E-state index in [0.29, 0.717) is 36.5 Å². The SMILES string of the molecule is CCOC(=O)CCCOc1ccc(C(=O)Nc2ccccc2S(=O)(=O)c2ccccc2-c2nnn[nH]2)cc1. The minimum absolute atomic E-state index is 0.00953. The zero-order valence-corrected chi connectivity index (χ0v) is 21.3. The summed E-state index contributed by atoms with van der Waals surface area (Å²) >= 11 is 0. The molecule has 0 bridgehead atoms. The number of aromatic nitrogens is 4. The minimum atomic E-state index is -4.07. The first-order chi connectivity index (χ1) is 18.4. The summed E-state index contributed by atoms with van der Waals surface area (Å²) in [6, 6.07) is 18.9. The standard InChI is InChI=1S/C26H25N5O6S/c1-2-36-24(32)12-7-17-37-19-15-13-18(14-16-19)26(33)27-21-9-4-6-11-23(21)38(34,35)22-10-5-3-8-20(22)25-28-30-31-29-25/h3-6,8-11,13-16H,2,7,12,17H2,1H3,(H,27,33)(H,28,29,30,31). The van der Waals surface area contributed by atoms with E-state index in [-0.39, 0.29) is 33.7 Å². The lowest BCUT2D eigenvalue weighted by atomic mass is 10.2. The van der Waals surface area contributed by atoms with Crippen LogP contribution in [0.1, 0.15) is 30.1 Å². The molecule has 4 rings (SSSR count). The topological polar surface area (TPSA) is 153 Å². The number of carbonyl (C=O) groups is 2. The van der Waals surface area contributed by atoms with Gasteiger partial charge in [-0.15, -0.1) is 5.10 Å². The van der Waals surface area contributed by atoms with Crippen LogP contribution in [-0.2, 0) is 19.4 Å². The summed E-state index contributed by atoms with van der Waals surface area (Å²) in [4.78, 5) is 24.3. The van der Waals surface area contributed by atoms with Gasteiger partial charge in [0.2, 0.25) is 9.84 Å². The van der Waals surface area contributed by atoms with Crippen LogP contribution in [0.2, 0.25) is 0 Å². The largest absolute Gasteiger partial charge is 0.494 e. The second kappa shape index (κ2) is 12.1. The molecule has 0 saturated heterocycles. The maximum Gasteiger partial charge on any atom is 0.305 e. The minimum Gasteiger partial charge on any atom is -0.494 e. The van der Waals surface area contributed by atoms with Crippen LogP contribution in [0.4, 0.5) is 5.69 Å². The molecule has 4 aromatic rings. The number of tetrazole rings is 1. The average molecular weight is 536 g/mol. The number of rotatable bonds is 11. The number of amides is 1. The van der Waals surface area contributed by atoms with E-state index < -0.39 is 15.7 Å². The zero-order chi connectivity index (χ0) is 27.0. The Bertz CT molecular complexity index is 1510. The van der Waals surface area contributed by atoms with E-state index in [9.17, 15) is 18.0 Å². The molecule has 38 heavy (non-hydrogen) atoms. The first kappa shape index (κ1) is 26.5. The number of sulfone groups is 1. The number of anilines is 1. The van der Waals surface area contributed by atoms with Crippen molar-refractivity contribution in [3.05, 3.63) is 78.4 Å². The number of nitrogens with zero attached hydrogens (tertiary/aromatic N) is 3. The molecular weight excluding hydrogens is 510 g/mol. The van der Waals surface area contributed by atoms with Crippen molar-refractivity contribution in [2.45, 2.75) is 29.6 Å². The van der Waals surface area contributed by atoms with E-state index >= 15 is 0 Å². The fourth-order valence-electron chi connectivity index (χ4n) is 3.63. The van der Waals surface area contributed by atoms with E-state index in [4.69, 9.17) is 9.47 Å². The highest BCUT2D eigenvalue weighted by molar-refractivity contribution is 7.91. The molecule has 3 aromatic carbocycles. The lowest BCUT2D eigenvalue weighted by Crippen LogP contribution is -2.15. The monoisotopic (exact) mass is 535 g/mol. The molecule has 0 saturated carbocycles. The predicted molar refractivity (Wildman–Crippen MR) is 137 cm³/mol. The number of H-pyrrole nitrogens is 1. The summed E-state index contributed by atoms with van der Waals surface area (Å²) in [5.74, 6) is -0.0288. The molecule has 1 amide bonds. The summed E-state index contributed by atoms with van der Waals surface area (Å²) in [5, 5.41) is 16.2. The number of hydrogen-bond donors (Lipinski definition) is 2. The number of ether oxygens (including phenoxy) is 2. The molecule has 0 atom stereocenters. The van der Waals surface area contributed by atoms with Crippen molar-refractivity contribution in [1.82, 2.24) is 20.6 Å². The van der Waals surface area contributed by atoms with Crippen LogP contribution in [0.3, 0.4) is 0 Å².